The monoisotopic (exact) mass is 275 g/mol. The summed E-state index contributed by atoms with van der Waals surface area (Å²) in [5, 5.41) is 0. The van der Waals surface area contributed by atoms with E-state index in [1.54, 1.807) is 0 Å². The molecule has 0 saturated carbocycles. The smallest absolute Gasteiger partial charge is 0.264 e. The Morgan fingerprint density at radius 2 is 1.29 bits per heavy atom. The highest BCUT2D eigenvalue weighted by Gasteiger charge is 2.03. The van der Waals surface area contributed by atoms with E-state index in [9.17, 15) is 17.2 Å². The average molecular weight is 275 g/mol. The quantitative estimate of drug-likeness (QED) is 0.472. The van der Waals surface area contributed by atoms with Crippen molar-refractivity contribution in [1.29, 1.82) is 0 Å². The molecule has 0 aromatic heterocycles. The van der Waals surface area contributed by atoms with Crippen LogP contribution in [0.15, 0.2) is 0 Å². The molecule has 0 aromatic carbocycles. The third kappa shape index (κ3) is 18.3. The van der Waals surface area contributed by atoms with Gasteiger partial charge in [0.15, 0.2) is 0 Å². The van der Waals surface area contributed by atoms with Gasteiger partial charge in [-0.3, -0.25) is 4.55 Å². The van der Waals surface area contributed by atoms with E-state index in [1.807, 2.05) is 0 Å². The fourth-order valence-electron chi connectivity index (χ4n) is 1.47. The fourth-order valence-corrected chi connectivity index (χ4v) is 2.04. The number of hydrogen-bond acceptors (Lipinski definition) is 3. The summed E-state index contributed by atoms with van der Waals surface area (Å²) >= 11 is 0. The molecule has 0 unspecified atom stereocenters. The van der Waals surface area contributed by atoms with Crippen LogP contribution in [0.5, 0.6) is 0 Å². The zero-order valence-electron chi connectivity index (χ0n) is 10.1. The summed E-state index contributed by atoms with van der Waals surface area (Å²) in [6, 6.07) is 0. The van der Waals surface area contributed by atoms with Gasteiger partial charge in [-0.1, -0.05) is 32.1 Å². The van der Waals surface area contributed by atoms with Gasteiger partial charge >= 0.3 is 0 Å². The highest BCUT2D eigenvalue weighted by molar-refractivity contribution is 7.85. The summed E-state index contributed by atoms with van der Waals surface area (Å²) in [5.74, 6) is -0.182. The summed E-state index contributed by atoms with van der Waals surface area (Å²) in [6.45, 7) is 0. The van der Waals surface area contributed by atoms with E-state index >= 15 is 0 Å². The Hall–Kier alpha value is -0.270. The van der Waals surface area contributed by atoms with Gasteiger partial charge in [-0.15, -0.1) is 0 Å². The summed E-state index contributed by atoms with van der Waals surface area (Å²) in [6.07, 6.45) is 3.12. The van der Waals surface area contributed by atoms with Crippen LogP contribution in [0, 0.1) is 0 Å². The van der Waals surface area contributed by atoms with Gasteiger partial charge in [-0.05, 0) is 12.8 Å². The Kier molecular flexibility index (Phi) is 12.2. The Morgan fingerprint density at radius 3 is 1.71 bits per heavy atom. The van der Waals surface area contributed by atoms with E-state index in [1.165, 1.54) is 0 Å². The molecule has 0 aliphatic rings. The minimum atomic E-state index is -3.82. The highest BCUT2D eigenvalue weighted by atomic mass is 32.2. The summed E-state index contributed by atoms with van der Waals surface area (Å²) < 4.78 is 52.6. The second-order valence-electron chi connectivity index (χ2n) is 3.94. The largest absolute Gasteiger partial charge is 0.344 e. The molecular weight excluding hydrogens is 252 g/mol. The molecule has 0 heterocycles. The first-order valence-corrected chi connectivity index (χ1v) is 7.26. The van der Waals surface area contributed by atoms with Crippen LogP contribution in [-0.2, 0) is 10.1 Å². The summed E-state index contributed by atoms with van der Waals surface area (Å²) in [5.41, 5.74) is 0. The average Bonchev–Trinajstić information content (AvgIpc) is 2.13. The predicted molar refractivity (Wildman–Crippen MR) is 64.4 cm³/mol. The highest BCUT2D eigenvalue weighted by Crippen LogP contribution is 2.11. The number of alkyl halides is 2. The van der Waals surface area contributed by atoms with Crippen molar-refractivity contribution in [2.75, 3.05) is 5.75 Å². The fraction of sp³-hybridized carbons (Fsp3) is 1.00. The molecular formula is C10H23F2NO3S. The van der Waals surface area contributed by atoms with Crippen molar-refractivity contribution in [2.45, 2.75) is 57.8 Å². The summed E-state index contributed by atoms with van der Waals surface area (Å²) in [7, 11) is -3.82. The lowest BCUT2D eigenvalue weighted by molar-refractivity contribution is 0.133. The Morgan fingerprint density at radius 1 is 0.882 bits per heavy atom. The number of unbranched alkanes of at least 4 members (excludes halogenated alkanes) is 6. The predicted octanol–water partition coefficient (Wildman–Crippen LogP) is 3.42. The molecule has 4 nitrogen and oxygen atoms in total. The lowest BCUT2D eigenvalue weighted by atomic mass is 10.1. The van der Waals surface area contributed by atoms with E-state index in [4.69, 9.17) is 4.55 Å². The SMILES string of the molecule is N.O=S(=O)(O)CCCCCCCCCC(F)F. The maximum atomic E-state index is 11.7. The second kappa shape index (κ2) is 10.9. The maximum absolute atomic E-state index is 11.7. The van der Waals surface area contributed by atoms with Crippen LogP contribution in [0.1, 0.15) is 51.4 Å². The first kappa shape index (κ1) is 19.1. The summed E-state index contributed by atoms with van der Waals surface area (Å²) in [4.78, 5) is 0. The minimum Gasteiger partial charge on any atom is -0.344 e. The van der Waals surface area contributed by atoms with E-state index in [0.29, 0.717) is 12.8 Å². The topological polar surface area (TPSA) is 89.4 Å². The molecule has 0 aliphatic carbocycles. The van der Waals surface area contributed by atoms with E-state index < -0.39 is 16.5 Å². The van der Waals surface area contributed by atoms with E-state index in [-0.39, 0.29) is 18.3 Å². The van der Waals surface area contributed by atoms with Gasteiger partial charge in [0.1, 0.15) is 0 Å². The molecule has 7 heteroatoms. The van der Waals surface area contributed by atoms with Crippen molar-refractivity contribution in [3.8, 4) is 0 Å². The van der Waals surface area contributed by atoms with E-state index in [2.05, 4.69) is 0 Å². The van der Waals surface area contributed by atoms with Crippen LogP contribution in [0.2, 0.25) is 0 Å². The number of halogens is 2. The lowest BCUT2D eigenvalue weighted by Gasteiger charge is -2.01. The molecule has 0 fully saturated rings. The van der Waals surface area contributed by atoms with E-state index in [0.717, 1.165) is 32.1 Å². The van der Waals surface area contributed by atoms with Crippen molar-refractivity contribution in [2.24, 2.45) is 0 Å². The zero-order valence-corrected chi connectivity index (χ0v) is 10.9. The third-order valence-electron chi connectivity index (χ3n) is 2.32. The van der Waals surface area contributed by atoms with Gasteiger partial charge in [0, 0.05) is 6.42 Å². The van der Waals surface area contributed by atoms with Crippen molar-refractivity contribution >= 4 is 10.1 Å². The molecule has 0 aromatic rings. The van der Waals surface area contributed by atoms with Crippen molar-refractivity contribution in [3.63, 3.8) is 0 Å². The Bertz CT molecular complexity index is 258. The van der Waals surface area contributed by atoms with Crippen molar-refractivity contribution < 1.29 is 21.8 Å². The molecule has 106 valence electrons. The lowest BCUT2D eigenvalue weighted by Crippen LogP contribution is -2.03. The normalized spacial score (nSPS) is 11.5. The first-order chi connectivity index (χ1) is 7.42. The van der Waals surface area contributed by atoms with Gasteiger partial charge in [0.05, 0.1) is 5.75 Å². The van der Waals surface area contributed by atoms with Crippen molar-refractivity contribution in [1.82, 2.24) is 6.15 Å². The maximum Gasteiger partial charge on any atom is 0.264 e. The van der Waals surface area contributed by atoms with Crippen LogP contribution in [-0.4, -0.2) is 25.1 Å². The van der Waals surface area contributed by atoms with Crippen molar-refractivity contribution in [3.05, 3.63) is 0 Å². The Labute approximate surface area is 102 Å². The second-order valence-corrected chi connectivity index (χ2v) is 5.51. The molecule has 4 N–H and O–H groups in total. The van der Waals surface area contributed by atoms with Crippen LogP contribution in [0.3, 0.4) is 0 Å². The van der Waals surface area contributed by atoms with Gasteiger partial charge in [-0.2, -0.15) is 8.42 Å². The van der Waals surface area contributed by atoms with Gasteiger partial charge in [0.25, 0.3) is 10.1 Å². The van der Waals surface area contributed by atoms with Crippen LogP contribution < -0.4 is 6.15 Å². The molecule has 0 atom stereocenters. The minimum absolute atomic E-state index is 0. The van der Waals surface area contributed by atoms with Gasteiger partial charge in [0.2, 0.25) is 6.43 Å². The third-order valence-corrected chi connectivity index (χ3v) is 3.13. The number of hydrogen-bond donors (Lipinski definition) is 2. The van der Waals surface area contributed by atoms with Crippen LogP contribution >= 0.6 is 0 Å². The molecule has 0 aliphatic heterocycles. The molecule has 17 heavy (non-hydrogen) atoms. The number of rotatable bonds is 10. The first-order valence-electron chi connectivity index (χ1n) is 5.65. The molecule has 0 amide bonds. The molecule has 0 bridgehead atoms. The zero-order chi connectivity index (χ0) is 12.4. The molecule has 0 saturated heterocycles. The molecule has 0 spiro atoms. The Balaban J connectivity index is 0. The molecule has 0 radical (unpaired) electrons. The van der Waals surface area contributed by atoms with Gasteiger partial charge in [-0.25, -0.2) is 8.78 Å². The molecule has 0 rings (SSSR count). The van der Waals surface area contributed by atoms with Gasteiger partial charge < -0.3 is 6.15 Å². The van der Waals surface area contributed by atoms with Crippen LogP contribution in [0.25, 0.3) is 0 Å². The van der Waals surface area contributed by atoms with Crippen LogP contribution in [0.4, 0.5) is 8.78 Å². The standard InChI is InChI=1S/C10H20F2O3S.H3N/c11-10(12)8-6-4-2-1-3-5-7-9-16(13,14)15;/h10H,1-9H2,(H,13,14,15);1H3.